The van der Waals surface area contributed by atoms with E-state index in [-0.39, 0.29) is 0 Å². The first-order valence-corrected chi connectivity index (χ1v) is 9.81. The minimum absolute atomic E-state index is 0.314. The summed E-state index contributed by atoms with van der Waals surface area (Å²) in [4.78, 5) is 4.93. The van der Waals surface area contributed by atoms with E-state index in [0.29, 0.717) is 12.7 Å². The Morgan fingerprint density at radius 3 is 2.65 bits per heavy atom. The summed E-state index contributed by atoms with van der Waals surface area (Å²) in [6.07, 6.45) is 6.65. The number of piperazine rings is 1. The first-order chi connectivity index (χ1) is 12.7. The van der Waals surface area contributed by atoms with Crippen LogP contribution in [0.3, 0.4) is 0 Å². The van der Waals surface area contributed by atoms with E-state index < -0.39 is 0 Å². The fourth-order valence-corrected chi connectivity index (χ4v) is 3.56. The molecule has 2 saturated heterocycles. The van der Waals surface area contributed by atoms with Crippen molar-refractivity contribution in [2.45, 2.75) is 25.5 Å². The number of ether oxygens (including phenoxy) is 2. The Morgan fingerprint density at radius 2 is 1.92 bits per heavy atom. The number of methoxy groups -OCH3 is 1. The summed E-state index contributed by atoms with van der Waals surface area (Å²) in [5, 5.41) is 3.40. The molecule has 2 heterocycles. The van der Waals surface area contributed by atoms with Gasteiger partial charge in [-0.3, -0.25) is 4.90 Å². The number of piperidine rings is 1. The molecule has 0 atom stereocenters. The molecule has 26 heavy (non-hydrogen) atoms. The average Bonchev–Trinajstić information content (AvgIpc) is 2.67. The van der Waals surface area contributed by atoms with Crippen molar-refractivity contribution in [1.29, 1.82) is 0 Å². The number of hydrogen-bond acceptors (Lipinski definition) is 5. The number of nitrogens with one attached hydrogen (secondary N) is 1. The fourth-order valence-electron chi connectivity index (χ4n) is 3.56. The molecule has 0 amide bonds. The van der Waals surface area contributed by atoms with Crippen molar-refractivity contribution in [2.24, 2.45) is 0 Å². The molecule has 1 N–H and O–H groups in total. The van der Waals surface area contributed by atoms with Gasteiger partial charge in [0.15, 0.2) is 0 Å². The molecule has 0 aliphatic carbocycles. The third kappa shape index (κ3) is 5.81. The molecule has 1 aromatic carbocycles. The van der Waals surface area contributed by atoms with Crippen LogP contribution in [0, 0.1) is 0 Å². The predicted molar refractivity (Wildman–Crippen MR) is 107 cm³/mol. The lowest BCUT2D eigenvalue weighted by molar-refractivity contribution is 0.148. The maximum absolute atomic E-state index is 6.32. The summed E-state index contributed by atoms with van der Waals surface area (Å²) >= 11 is 0. The zero-order chi connectivity index (χ0) is 18.2. The number of benzene rings is 1. The quantitative estimate of drug-likeness (QED) is 0.808. The van der Waals surface area contributed by atoms with Gasteiger partial charge in [-0.25, -0.2) is 0 Å². The maximum Gasteiger partial charge on any atom is 0.126 e. The highest BCUT2D eigenvalue weighted by Gasteiger charge is 2.17. The van der Waals surface area contributed by atoms with Crippen molar-refractivity contribution in [2.75, 3.05) is 60.0 Å². The van der Waals surface area contributed by atoms with E-state index in [1.807, 2.05) is 0 Å². The molecule has 0 spiro atoms. The smallest absolute Gasteiger partial charge is 0.126 e. The van der Waals surface area contributed by atoms with Crippen molar-refractivity contribution in [3.05, 3.63) is 35.4 Å². The van der Waals surface area contributed by atoms with Crippen LogP contribution < -0.4 is 10.1 Å². The van der Waals surface area contributed by atoms with Crippen LogP contribution in [0.1, 0.15) is 24.0 Å². The summed E-state index contributed by atoms with van der Waals surface area (Å²) in [6, 6.07) is 6.66. The topological polar surface area (TPSA) is 37.0 Å². The fraction of sp³-hybridized carbons (Fsp3) is 0.619. The van der Waals surface area contributed by atoms with Crippen LogP contribution >= 0.6 is 0 Å². The van der Waals surface area contributed by atoms with Crippen molar-refractivity contribution in [3.63, 3.8) is 0 Å². The molecule has 144 valence electrons. The van der Waals surface area contributed by atoms with Crippen LogP contribution in [0.2, 0.25) is 0 Å². The Bertz CT molecular complexity index is 577. The van der Waals surface area contributed by atoms with Gasteiger partial charge in [0, 0.05) is 45.4 Å². The Labute approximate surface area is 158 Å². The van der Waals surface area contributed by atoms with E-state index in [1.54, 1.807) is 7.11 Å². The predicted octanol–water partition coefficient (Wildman–Crippen LogP) is 2.22. The SMILES string of the molecule is COC/C=C/c1cc(CN2CCN(C)CC2)ccc1OC1CCNCC1. The van der Waals surface area contributed by atoms with Crippen LogP contribution in [0.4, 0.5) is 0 Å². The van der Waals surface area contributed by atoms with Gasteiger partial charge >= 0.3 is 0 Å². The lowest BCUT2D eigenvalue weighted by atomic mass is 10.1. The van der Waals surface area contributed by atoms with Gasteiger partial charge in [0.1, 0.15) is 11.9 Å². The zero-order valence-corrected chi connectivity index (χ0v) is 16.2. The van der Waals surface area contributed by atoms with Gasteiger partial charge in [-0.2, -0.15) is 0 Å². The van der Waals surface area contributed by atoms with Gasteiger partial charge in [-0.05, 0) is 50.7 Å². The van der Waals surface area contributed by atoms with E-state index in [4.69, 9.17) is 9.47 Å². The molecule has 5 heteroatoms. The van der Waals surface area contributed by atoms with Crippen LogP contribution in [-0.4, -0.2) is 75.9 Å². The van der Waals surface area contributed by atoms with Crippen LogP contribution in [-0.2, 0) is 11.3 Å². The Morgan fingerprint density at radius 1 is 1.15 bits per heavy atom. The minimum atomic E-state index is 0.314. The van der Waals surface area contributed by atoms with Gasteiger partial charge in [0.05, 0.1) is 6.61 Å². The Kier molecular flexibility index (Phi) is 7.50. The molecular weight excluding hydrogens is 326 g/mol. The Hall–Kier alpha value is -1.40. The summed E-state index contributed by atoms with van der Waals surface area (Å²) < 4.78 is 11.5. The lowest BCUT2D eigenvalue weighted by Gasteiger charge is -2.32. The largest absolute Gasteiger partial charge is 0.490 e. The summed E-state index contributed by atoms with van der Waals surface area (Å²) in [7, 11) is 3.92. The van der Waals surface area contributed by atoms with Crippen molar-refractivity contribution < 1.29 is 9.47 Å². The second kappa shape index (κ2) is 10.1. The van der Waals surface area contributed by atoms with E-state index in [9.17, 15) is 0 Å². The third-order valence-electron chi connectivity index (χ3n) is 5.22. The van der Waals surface area contributed by atoms with E-state index in [0.717, 1.165) is 70.0 Å². The van der Waals surface area contributed by atoms with Gasteiger partial charge in [-0.1, -0.05) is 18.2 Å². The molecule has 0 radical (unpaired) electrons. The third-order valence-corrected chi connectivity index (χ3v) is 5.22. The van der Waals surface area contributed by atoms with Crippen LogP contribution in [0.15, 0.2) is 24.3 Å². The normalized spacial score (nSPS) is 20.7. The van der Waals surface area contributed by atoms with Crippen molar-refractivity contribution >= 4 is 6.08 Å². The molecule has 5 nitrogen and oxygen atoms in total. The van der Waals surface area contributed by atoms with Crippen molar-refractivity contribution in [3.8, 4) is 5.75 Å². The number of nitrogens with zero attached hydrogens (tertiary/aromatic N) is 2. The lowest BCUT2D eigenvalue weighted by Crippen LogP contribution is -2.43. The average molecular weight is 360 g/mol. The molecule has 0 unspecified atom stereocenters. The standard InChI is InChI=1S/C21H33N3O2/c1-23-11-13-24(14-12-23)17-18-5-6-21(19(16-18)4-3-15-25-2)26-20-7-9-22-10-8-20/h3-6,16,20,22H,7-15,17H2,1-2H3/b4-3+. The van der Waals surface area contributed by atoms with E-state index in [2.05, 4.69) is 52.5 Å². The Balaban J connectivity index is 1.69. The second-order valence-corrected chi connectivity index (χ2v) is 7.38. The van der Waals surface area contributed by atoms with Crippen LogP contribution in [0.25, 0.3) is 6.08 Å². The molecule has 0 aromatic heterocycles. The number of likely N-dealkylation sites (N-methyl/N-ethyl adjacent to an activating group) is 1. The summed E-state index contributed by atoms with van der Waals surface area (Å²) in [6.45, 7) is 8.29. The second-order valence-electron chi connectivity index (χ2n) is 7.38. The molecule has 0 bridgehead atoms. The molecule has 2 aliphatic rings. The molecular formula is C21H33N3O2. The highest BCUT2D eigenvalue weighted by atomic mass is 16.5. The summed E-state index contributed by atoms with van der Waals surface area (Å²) in [5.74, 6) is 0.992. The van der Waals surface area contributed by atoms with Gasteiger partial charge in [0.2, 0.25) is 0 Å². The number of rotatable bonds is 7. The van der Waals surface area contributed by atoms with E-state index in [1.165, 1.54) is 5.56 Å². The highest BCUT2D eigenvalue weighted by molar-refractivity contribution is 5.58. The first kappa shape index (κ1) is 19.4. The molecule has 0 saturated carbocycles. The molecule has 2 fully saturated rings. The molecule has 1 aromatic rings. The minimum Gasteiger partial charge on any atom is -0.490 e. The monoisotopic (exact) mass is 359 g/mol. The number of hydrogen-bond donors (Lipinski definition) is 1. The van der Waals surface area contributed by atoms with Gasteiger partial charge in [-0.15, -0.1) is 0 Å². The summed E-state index contributed by atoms with van der Waals surface area (Å²) in [5.41, 5.74) is 2.51. The van der Waals surface area contributed by atoms with Crippen LogP contribution in [0.5, 0.6) is 5.75 Å². The molecule has 2 aliphatic heterocycles. The maximum atomic E-state index is 6.32. The van der Waals surface area contributed by atoms with E-state index >= 15 is 0 Å². The van der Waals surface area contributed by atoms with Gasteiger partial charge < -0.3 is 19.7 Å². The van der Waals surface area contributed by atoms with Crippen molar-refractivity contribution in [1.82, 2.24) is 15.1 Å². The molecule has 3 rings (SSSR count). The highest BCUT2D eigenvalue weighted by Crippen LogP contribution is 2.25. The zero-order valence-electron chi connectivity index (χ0n) is 16.2. The first-order valence-electron chi connectivity index (χ1n) is 9.81. The van der Waals surface area contributed by atoms with Gasteiger partial charge in [0.25, 0.3) is 0 Å².